The number of thiol groups is 1. The number of rotatable bonds is 3. The average Bonchev–Trinajstić information content (AvgIpc) is 2.31. The fraction of sp³-hybridized carbons (Fsp3) is 0.0909. The topological polar surface area (TPSA) is 52.9 Å². The molecule has 1 aromatic rings. The molecule has 1 N–H and O–H groups in total. The molecule has 82 valence electrons. The predicted molar refractivity (Wildman–Crippen MR) is 70.2 cm³/mol. The summed E-state index contributed by atoms with van der Waals surface area (Å²) >= 11 is 5.33. The van der Waals surface area contributed by atoms with Crippen molar-refractivity contribution in [2.75, 3.05) is 11.6 Å². The number of hydrogen-bond acceptors (Lipinski definition) is 4. The second kappa shape index (κ2) is 6.26. The zero-order valence-corrected chi connectivity index (χ0v) is 10.3. The van der Waals surface area contributed by atoms with Crippen molar-refractivity contribution in [3.8, 4) is 6.07 Å². The summed E-state index contributed by atoms with van der Waals surface area (Å²) in [6.45, 7) is 0. The van der Waals surface area contributed by atoms with Gasteiger partial charge < -0.3 is 5.32 Å². The Hall–Kier alpha value is -1.38. The zero-order chi connectivity index (χ0) is 12.0. The van der Waals surface area contributed by atoms with Crippen LogP contribution in [-0.2, 0) is 4.79 Å². The quantitative estimate of drug-likeness (QED) is 0.492. The van der Waals surface area contributed by atoms with Crippen molar-refractivity contribution in [3.05, 3.63) is 40.1 Å². The largest absolute Gasteiger partial charge is 0.321 e. The molecule has 0 aromatic heterocycles. The monoisotopic (exact) mass is 250 g/mol. The Morgan fingerprint density at radius 3 is 2.56 bits per heavy atom. The Morgan fingerprint density at radius 2 is 2.06 bits per heavy atom. The lowest BCUT2D eigenvalue weighted by Crippen LogP contribution is -2.14. The van der Waals surface area contributed by atoms with Crippen LogP contribution in [-0.4, -0.2) is 12.2 Å². The molecule has 0 fully saturated rings. The van der Waals surface area contributed by atoms with E-state index < -0.39 is 5.91 Å². The number of nitrogens with one attached hydrogen (secondary N) is 1. The highest BCUT2D eigenvalue weighted by Gasteiger charge is 2.12. The van der Waals surface area contributed by atoms with Crippen LogP contribution in [0.1, 0.15) is 0 Å². The van der Waals surface area contributed by atoms with Crippen molar-refractivity contribution in [1.82, 2.24) is 0 Å². The van der Waals surface area contributed by atoms with Crippen LogP contribution in [0.2, 0.25) is 0 Å². The Bertz CT molecular complexity index is 449. The first-order chi connectivity index (χ1) is 7.69. The summed E-state index contributed by atoms with van der Waals surface area (Å²) in [6, 6.07) is 10.8. The predicted octanol–water partition coefficient (Wildman–Crippen LogP) is 2.65. The molecule has 0 aliphatic rings. The molecular weight excluding hydrogens is 240 g/mol. The van der Waals surface area contributed by atoms with Crippen molar-refractivity contribution >= 4 is 36.0 Å². The van der Waals surface area contributed by atoms with Gasteiger partial charge in [-0.3, -0.25) is 4.79 Å². The maximum absolute atomic E-state index is 11.7. The van der Waals surface area contributed by atoms with Gasteiger partial charge in [0.05, 0.1) is 4.24 Å². The first-order valence-corrected chi connectivity index (χ1v) is 6.10. The molecule has 0 atom stereocenters. The number of para-hydroxylation sites is 1. The molecule has 0 saturated heterocycles. The third-order valence-electron chi connectivity index (χ3n) is 1.78. The summed E-state index contributed by atoms with van der Waals surface area (Å²) < 4.78 is 0.413. The molecule has 0 aliphatic heterocycles. The van der Waals surface area contributed by atoms with Crippen LogP contribution in [0.25, 0.3) is 0 Å². The number of nitrogens with zero attached hydrogens (tertiary/aromatic N) is 1. The Balaban J connectivity index is 2.85. The first-order valence-electron chi connectivity index (χ1n) is 4.42. The molecule has 16 heavy (non-hydrogen) atoms. The molecule has 3 nitrogen and oxygen atoms in total. The van der Waals surface area contributed by atoms with E-state index in [2.05, 4.69) is 17.9 Å². The van der Waals surface area contributed by atoms with Crippen LogP contribution >= 0.6 is 24.4 Å². The van der Waals surface area contributed by atoms with Gasteiger partial charge in [-0.25, -0.2) is 0 Å². The van der Waals surface area contributed by atoms with Gasteiger partial charge in [-0.1, -0.05) is 18.2 Å². The van der Waals surface area contributed by atoms with E-state index in [1.807, 2.05) is 24.3 Å². The number of thioether (sulfide) groups is 1. The standard InChI is InChI=1S/C11H10N2OS2/c1-16-11(15)9(7-12)10(14)13-8-5-3-2-4-6-8/h2-6,15H,1H3,(H,13,14)/b11-9+. The van der Waals surface area contributed by atoms with E-state index in [0.717, 1.165) is 0 Å². The van der Waals surface area contributed by atoms with Gasteiger partial charge in [0.15, 0.2) is 0 Å². The molecule has 1 rings (SSSR count). The molecule has 1 aromatic carbocycles. The minimum Gasteiger partial charge on any atom is -0.321 e. The molecule has 0 aliphatic carbocycles. The summed E-state index contributed by atoms with van der Waals surface area (Å²) in [4.78, 5) is 11.7. The fourth-order valence-corrected chi connectivity index (χ4v) is 1.51. The van der Waals surface area contributed by atoms with E-state index in [-0.39, 0.29) is 5.57 Å². The highest BCUT2D eigenvalue weighted by Crippen LogP contribution is 2.21. The van der Waals surface area contributed by atoms with Crippen molar-refractivity contribution in [2.45, 2.75) is 0 Å². The van der Waals surface area contributed by atoms with Gasteiger partial charge in [-0.15, -0.1) is 24.4 Å². The van der Waals surface area contributed by atoms with Gasteiger partial charge in [0, 0.05) is 5.69 Å². The van der Waals surface area contributed by atoms with Gasteiger partial charge in [-0.2, -0.15) is 5.26 Å². The molecular formula is C11H10N2OS2. The van der Waals surface area contributed by atoms with E-state index in [4.69, 9.17) is 5.26 Å². The minimum absolute atomic E-state index is 0.0275. The minimum atomic E-state index is -0.437. The normalized spacial score (nSPS) is 11.3. The summed E-state index contributed by atoms with van der Waals surface area (Å²) in [6.07, 6.45) is 1.76. The maximum atomic E-state index is 11.7. The smallest absolute Gasteiger partial charge is 0.268 e. The van der Waals surface area contributed by atoms with Crippen LogP contribution in [0.5, 0.6) is 0 Å². The van der Waals surface area contributed by atoms with Crippen LogP contribution in [0, 0.1) is 11.3 Å². The second-order valence-corrected chi connectivity index (χ2v) is 4.38. The summed E-state index contributed by atoms with van der Waals surface area (Å²) in [5, 5.41) is 11.5. The molecule has 0 bridgehead atoms. The van der Waals surface area contributed by atoms with Gasteiger partial charge in [0.25, 0.3) is 5.91 Å². The highest BCUT2D eigenvalue weighted by molar-refractivity contribution is 8.15. The van der Waals surface area contributed by atoms with Crippen molar-refractivity contribution in [3.63, 3.8) is 0 Å². The van der Waals surface area contributed by atoms with Crippen molar-refractivity contribution < 1.29 is 4.79 Å². The summed E-state index contributed by atoms with van der Waals surface area (Å²) in [5.74, 6) is -0.437. The Kier molecular flexibility index (Phi) is 4.96. The Morgan fingerprint density at radius 1 is 1.44 bits per heavy atom. The number of nitriles is 1. The number of hydrogen-bond donors (Lipinski definition) is 2. The van der Waals surface area contributed by atoms with Crippen LogP contribution < -0.4 is 5.32 Å². The van der Waals surface area contributed by atoms with E-state index in [9.17, 15) is 4.79 Å². The van der Waals surface area contributed by atoms with Crippen LogP contribution in [0.3, 0.4) is 0 Å². The van der Waals surface area contributed by atoms with Gasteiger partial charge >= 0.3 is 0 Å². The maximum Gasteiger partial charge on any atom is 0.268 e. The molecule has 0 heterocycles. The van der Waals surface area contributed by atoms with E-state index in [1.165, 1.54) is 11.8 Å². The third-order valence-corrected chi connectivity index (χ3v) is 3.14. The molecule has 1 amide bonds. The lowest BCUT2D eigenvalue weighted by molar-refractivity contribution is -0.112. The van der Waals surface area contributed by atoms with Gasteiger partial charge in [-0.05, 0) is 18.4 Å². The fourth-order valence-electron chi connectivity index (χ4n) is 1.01. The van der Waals surface area contributed by atoms with Crippen molar-refractivity contribution in [1.29, 1.82) is 5.26 Å². The molecule has 0 spiro atoms. The van der Waals surface area contributed by atoms with Crippen LogP contribution in [0.4, 0.5) is 5.69 Å². The SMILES string of the molecule is CS/C(S)=C(\C#N)C(=O)Nc1ccccc1. The number of carbonyl (C=O) groups excluding carboxylic acids is 1. The molecule has 0 unspecified atom stereocenters. The number of amides is 1. The van der Waals surface area contributed by atoms with E-state index >= 15 is 0 Å². The molecule has 5 heteroatoms. The highest BCUT2D eigenvalue weighted by atomic mass is 32.2. The van der Waals surface area contributed by atoms with E-state index in [1.54, 1.807) is 18.4 Å². The number of anilines is 1. The lowest BCUT2D eigenvalue weighted by atomic mass is 10.3. The zero-order valence-electron chi connectivity index (χ0n) is 8.60. The van der Waals surface area contributed by atoms with Gasteiger partial charge in [0.2, 0.25) is 0 Å². The summed E-state index contributed by atoms with van der Waals surface area (Å²) in [5.41, 5.74) is 0.683. The molecule has 0 saturated carbocycles. The number of benzene rings is 1. The summed E-state index contributed by atoms with van der Waals surface area (Å²) in [7, 11) is 0. The van der Waals surface area contributed by atoms with Crippen molar-refractivity contribution in [2.24, 2.45) is 0 Å². The molecule has 0 radical (unpaired) electrons. The lowest BCUT2D eigenvalue weighted by Gasteiger charge is -2.04. The van der Waals surface area contributed by atoms with Crippen LogP contribution in [0.15, 0.2) is 40.1 Å². The Labute approximate surface area is 104 Å². The van der Waals surface area contributed by atoms with E-state index in [0.29, 0.717) is 9.92 Å². The first kappa shape index (κ1) is 12.7. The number of carbonyl (C=O) groups is 1. The third kappa shape index (κ3) is 3.33. The average molecular weight is 250 g/mol. The van der Waals surface area contributed by atoms with Gasteiger partial charge in [0.1, 0.15) is 11.6 Å². The second-order valence-electron chi connectivity index (χ2n) is 2.82.